The normalized spacial score (nSPS) is 54.2. The van der Waals surface area contributed by atoms with Crippen molar-refractivity contribution in [3.63, 3.8) is 0 Å². The van der Waals surface area contributed by atoms with Crippen LogP contribution in [0.3, 0.4) is 0 Å². The Balaban J connectivity index is 1.88. The summed E-state index contributed by atoms with van der Waals surface area (Å²) in [4.78, 5) is 0.104. The van der Waals surface area contributed by atoms with Crippen LogP contribution in [0, 0.1) is 11.8 Å². The Kier molecular flexibility index (Phi) is 3.07. The Morgan fingerprint density at radius 2 is 2.06 bits per heavy atom. The summed E-state index contributed by atoms with van der Waals surface area (Å²) in [5.74, 6) is 0.0422. The molecular formula is C13H21BrO4. The molecule has 1 saturated carbocycles. The van der Waals surface area contributed by atoms with Crippen molar-refractivity contribution in [1.82, 2.24) is 0 Å². The average Bonchev–Trinajstić information content (AvgIpc) is 2.77. The Labute approximate surface area is 116 Å². The largest absolute Gasteiger partial charge is 0.396 e. The minimum Gasteiger partial charge on any atom is -0.396 e. The maximum Gasteiger partial charge on any atom is 0.164 e. The summed E-state index contributed by atoms with van der Waals surface area (Å²) in [5, 5.41) is 9.43. The second kappa shape index (κ2) is 4.16. The van der Waals surface area contributed by atoms with E-state index >= 15 is 0 Å². The predicted molar refractivity (Wildman–Crippen MR) is 69.6 cm³/mol. The lowest BCUT2D eigenvalue weighted by atomic mass is 9.72. The Bertz CT molecular complexity index is 344. The second-order valence-electron chi connectivity index (χ2n) is 6.33. The van der Waals surface area contributed by atoms with Crippen molar-refractivity contribution in [2.24, 2.45) is 11.8 Å². The number of halogens is 1. The second-order valence-corrected chi connectivity index (χ2v) is 7.32. The van der Waals surface area contributed by atoms with Crippen molar-refractivity contribution in [2.45, 2.75) is 55.6 Å². The van der Waals surface area contributed by atoms with Crippen molar-refractivity contribution >= 4 is 15.9 Å². The Morgan fingerprint density at radius 1 is 1.33 bits per heavy atom. The standard InChI is InChI=1S/C13H21BrO4/c1-12(2)17-9-4-8-7(5-15)6-16-10(8)11(14)13(9,3)18-12/h7-11,15H,4-6H2,1-3H3/t7-,8+,9+,10-,11+,13+/m0/s1. The van der Waals surface area contributed by atoms with Gasteiger partial charge in [-0.1, -0.05) is 15.9 Å². The minimum atomic E-state index is -0.543. The third-order valence-electron chi connectivity index (χ3n) is 4.62. The molecule has 0 bridgehead atoms. The van der Waals surface area contributed by atoms with E-state index in [1.165, 1.54) is 0 Å². The van der Waals surface area contributed by atoms with Crippen LogP contribution in [0.2, 0.25) is 0 Å². The van der Waals surface area contributed by atoms with E-state index in [2.05, 4.69) is 22.9 Å². The minimum absolute atomic E-state index is 0.0638. The number of ether oxygens (including phenoxy) is 3. The van der Waals surface area contributed by atoms with Gasteiger partial charge in [-0.25, -0.2) is 0 Å². The Hall–Kier alpha value is 0.320. The summed E-state index contributed by atoms with van der Waals surface area (Å²) in [5.41, 5.74) is -0.352. The lowest BCUT2D eigenvalue weighted by Gasteiger charge is -2.44. The van der Waals surface area contributed by atoms with E-state index in [0.717, 1.165) is 6.42 Å². The van der Waals surface area contributed by atoms with Gasteiger partial charge >= 0.3 is 0 Å². The first-order chi connectivity index (χ1) is 8.37. The highest BCUT2D eigenvalue weighted by molar-refractivity contribution is 9.09. The molecular weight excluding hydrogens is 300 g/mol. The third kappa shape index (κ3) is 1.79. The highest BCUT2D eigenvalue weighted by Crippen LogP contribution is 2.52. The first kappa shape index (κ1) is 13.3. The van der Waals surface area contributed by atoms with Crippen LogP contribution in [0.15, 0.2) is 0 Å². The molecule has 1 aliphatic carbocycles. The first-order valence-electron chi connectivity index (χ1n) is 6.62. The van der Waals surface area contributed by atoms with Gasteiger partial charge in [0, 0.05) is 12.5 Å². The van der Waals surface area contributed by atoms with Crippen LogP contribution in [0.4, 0.5) is 0 Å². The maximum atomic E-state index is 9.43. The first-order valence-corrected chi connectivity index (χ1v) is 7.53. The molecule has 3 rings (SSSR count). The molecule has 104 valence electrons. The predicted octanol–water partition coefficient (Wildman–Crippen LogP) is 1.69. The van der Waals surface area contributed by atoms with Gasteiger partial charge in [-0.15, -0.1) is 0 Å². The van der Waals surface area contributed by atoms with Crippen LogP contribution in [-0.2, 0) is 14.2 Å². The van der Waals surface area contributed by atoms with Crippen molar-refractivity contribution < 1.29 is 19.3 Å². The fourth-order valence-corrected chi connectivity index (χ4v) is 4.67. The molecule has 2 heterocycles. The van der Waals surface area contributed by atoms with E-state index in [1.807, 2.05) is 13.8 Å². The van der Waals surface area contributed by atoms with E-state index in [0.29, 0.717) is 12.5 Å². The molecule has 0 spiro atoms. The SMILES string of the molecule is CC1(C)O[C@@H]2C[C@@H]3[C@@H](CO)CO[C@@H]3[C@@H](Br)[C@]2(C)O1. The summed E-state index contributed by atoms with van der Waals surface area (Å²) in [6.45, 7) is 6.83. The van der Waals surface area contributed by atoms with Gasteiger partial charge < -0.3 is 19.3 Å². The highest BCUT2D eigenvalue weighted by atomic mass is 79.9. The van der Waals surface area contributed by atoms with E-state index in [-0.39, 0.29) is 35.2 Å². The maximum absolute atomic E-state index is 9.43. The summed E-state index contributed by atoms with van der Waals surface area (Å²) in [6, 6.07) is 0. The zero-order chi connectivity index (χ0) is 13.1. The summed E-state index contributed by atoms with van der Waals surface area (Å²) in [6.07, 6.45) is 1.08. The van der Waals surface area contributed by atoms with Crippen molar-refractivity contribution in [3.8, 4) is 0 Å². The van der Waals surface area contributed by atoms with Gasteiger partial charge in [-0.2, -0.15) is 0 Å². The molecule has 3 aliphatic rings. The van der Waals surface area contributed by atoms with Gasteiger partial charge in [0.05, 0.1) is 23.6 Å². The number of fused-ring (bicyclic) bond motifs is 2. The van der Waals surface area contributed by atoms with Crippen LogP contribution in [0.5, 0.6) is 0 Å². The molecule has 18 heavy (non-hydrogen) atoms. The van der Waals surface area contributed by atoms with E-state index in [9.17, 15) is 5.11 Å². The molecule has 6 atom stereocenters. The number of aliphatic hydroxyl groups is 1. The van der Waals surface area contributed by atoms with Gasteiger partial charge in [0.1, 0.15) is 5.60 Å². The van der Waals surface area contributed by atoms with Crippen LogP contribution < -0.4 is 0 Å². The van der Waals surface area contributed by atoms with E-state index < -0.39 is 5.79 Å². The quantitative estimate of drug-likeness (QED) is 0.747. The van der Waals surface area contributed by atoms with E-state index in [1.54, 1.807) is 0 Å². The summed E-state index contributed by atoms with van der Waals surface area (Å²) >= 11 is 3.76. The molecule has 4 nitrogen and oxygen atoms in total. The van der Waals surface area contributed by atoms with Gasteiger partial charge in [0.15, 0.2) is 5.79 Å². The van der Waals surface area contributed by atoms with Crippen LogP contribution in [0.25, 0.3) is 0 Å². The van der Waals surface area contributed by atoms with Crippen molar-refractivity contribution in [3.05, 3.63) is 0 Å². The molecule has 3 fully saturated rings. The van der Waals surface area contributed by atoms with Crippen molar-refractivity contribution in [1.29, 1.82) is 0 Å². The van der Waals surface area contributed by atoms with Gasteiger partial charge in [0.25, 0.3) is 0 Å². The highest BCUT2D eigenvalue weighted by Gasteiger charge is 2.62. The Morgan fingerprint density at radius 3 is 2.72 bits per heavy atom. The molecule has 0 aromatic rings. The van der Waals surface area contributed by atoms with Gasteiger partial charge in [0.2, 0.25) is 0 Å². The summed E-state index contributed by atoms with van der Waals surface area (Å²) < 4.78 is 18.0. The topological polar surface area (TPSA) is 47.9 Å². The lowest BCUT2D eigenvalue weighted by Crippen LogP contribution is -2.57. The zero-order valence-corrected chi connectivity index (χ0v) is 12.6. The fraction of sp³-hybridized carbons (Fsp3) is 1.00. The van der Waals surface area contributed by atoms with Crippen LogP contribution >= 0.6 is 15.9 Å². The van der Waals surface area contributed by atoms with Gasteiger partial charge in [-0.05, 0) is 33.1 Å². The molecule has 5 heteroatoms. The number of alkyl halides is 1. The molecule has 0 unspecified atom stereocenters. The molecule has 0 aromatic carbocycles. The summed E-state index contributed by atoms with van der Waals surface area (Å²) in [7, 11) is 0. The number of hydrogen-bond acceptors (Lipinski definition) is 4. The molecule has 2 saturated heterocycles. The monoisotopic (exact) mass is 320 g/mol. The molecule has 0 amide bonds. The average molecular weight is 321 g/mol. The smallest absolute Gasteiger partial charge is 0.164 e. The van der Waals surface area contributed by atoms with Gasteiger partial charge in [-0.3, -0.25) is 0 Å². The fourth-order valence-electron chi connectivity index (χ4n) is 3.73. The molecule has 1 N–H and O–H groups in total. The molecule has 2 aliphatic heterocycles. The number of hydrogen-bond donors (Lipinski definition) is 1. The zero-order valence-electron chi connectivity index (χ0n) is 11.1. The van der Waals surface area contributed by atoms with Crippen molar-refractivity contribution in [2.75, 3.05) is 13.2 Å². The van der Waals surface area contributed by atoms with Crippen LogP contribution in [0.1, 0.15) is 27.2 Å². The van der Waals surface area contributed by atoms with E-state index in [4.69, 9.17) is 14.2 Å². The molecule has 0 radical (unpaired) electrons. The van der Waals surface area contributed by atoms with Crippen LogP contribution in [-0.4, -0.2) is 46.7 Å². The number of aliphatic hydroxyl groups excluding tert-OH is 1. The molecule has 0 aromatic heterocycles. The number of rotatable bonds is 1. The lowest BCUT2D eigenvalue weighted by molar-refractivity contribution is -0.161. The third-order valence-corrected chi connectivity index (χ3v) is 6.05.